The predicted octanol–water partition coefficient (Wildman–Crippen LogP) is 1.79. The normalized spacial score (nSPS) is 18.3. The highest BCUT2D eigenvalue weighted by Crippen LogP contribution is 2.05. The topological polar surface area (TPSA) is 61.1 Å². The minimum Gasteiger partial charge on any atom is -0.395 e. The fourth-order valence-electron chi connectivity index (χ4n) is 2.56. The van der Waals surface area contributed by atoms with E-state index in [1.807, 2.05) is 32.0 Å². The Morgan fingerprint density at radius 3 is 2.05 bits per heavy atom. The van der Waals surface area contributed by atoms with Crippen LogP contribution in [0.15, 0.2) is 28.2 Å². The minimum absolute atomic E-state index is 0.207. The Hall–Kier alpha value is -1.59. The van der Waals surface area contributed by atoms with Crippen LogP contribution in [0.5, 0.6) is 0 Å². The second-order valence-electron chi connectivity index (χ2n) is 5.61. The number of hydrogen-bond acceptors (Lipinski definition) is 5. The molecule has 0 atom stereocenters. The van der Waals surface area contributed by atoms with E-state index in [0.29, 0.717) is 0 Å². The van der Waals surface area contributed by atoms with Gasteiger partial charge in [-0.05, 0) is 51.9 Å². The lowest BCUT2D eigenvalue weighted by Gasteiger charge is -2.20. The van der Waals surface area contributed by atoms with Crippen molar-refractivity contribution in [2.75, 3.05) is 39.3 Å². The fraction of sp³-hybridized carbons (Fsp3) is 0.588. The molecule has 0 aliphatic carbocycles. The van der Waals surface area contributed by atoms with E-state index in [2.05, 4.69) is 19.9 Å². The van der Waals surface area contributed by atoms with Crippen molar-refractivity contribution in [3.05, 3.63) is 29.6 Å². The summed E-state index contributed by atoms with van der Waals surface area (Å²) in [7, 11) is 0. The summed E-state index contributed by atoms with van der Waals surface area (Å²) in [6.07, 6.45) is 2.00. The quantitative estimate of drug-likeness (QED) is 0.906. The molecule has 0 saturated carbocycles. The summed E-state index contributed by atoms with van der Waals surface area (Å²) in [6, 6.07) is 6.02. The Bertz CT molecular complexity index is 498. The van der Waals surface area contributed by atoms with Gasteiger partial charge in [0.15, 0.2) is 0 Å². The molecule has 0 radical (unpaired) electrons. The van der Waals surface area contributed by atoms with Gasteiger partial charge in [-0.15, -0.1) is 0 Å². The lowest BCUT2D eigenvalue weighted by Crippen LogP contribution is -2.30. The zero-order valence-electron chi connectivity index (χ0n) is 13.6. The SMILES string of the molecule is CC1=NCCCN(CCO)CCCN=C(C)c2cccc1n2. The maximum Gasteiger partial charge on any atom is 0.0845 e. The van der Waals surface area contributed by atoms with E-state index in [9.17, 15) is 0 Å². The van der Waals surface area contributed by atoms with Crippen molar-refractivity contribution in [2.45, 2.75) is 26.7 Å². The molecule has 0 spiro atoms. The van der Waals surface area contributed by atoms with Crippen LogP contribution in [0.4, 0.5) is 0 Å². The Morgan fingerprint density at radius 2 is 1.55 bits per heavy atom. The van der Waals surface area contributed by atoms with E-state index in [-0.39, 0.29) is 6.61 Å². The molecule has 1 N–H and O–H groups in total. The molecule has 22 heavy (non-hydrogen) atoms. The van der Waals surface area contributed by atoms with Gasteiger partial charge in [-0.25, -0.2) is 4.98 Å². The second kappa shape index (κ2) is 8.76. The Morgan fingerprint density at radius 1 is 1.00 bits per heavy atom. The van der Waals surface area contributed by atoms with Crippen molar-refractivity contribution in [1.82, 2.24) is 9.88 Å². The molecule has 0 aromatic carbocycles. The molecule has 1 aromatic heterocycles. The molecule has 0 amide bonds. The second-order valence-corrected chi connectivity index (χ2v) is 5.61. The average Bonchev–Trinajstić information content (AvgIpc) is 2.54. The lowest BCUT2D eigenvalue weighted by atomic mass is 10.2. The molecule has 1 aromatic rings. The third kappa shape index (κ3) is 5.00. The molecule has 2 rings (SSSR count). The van der Waals surface area contributed by atoms with Gasteiger partial charge in [0, 0.05) is 19.6 Å². The van der Waals surface area contributed by atoms with Gasteiger partial charge in [0.05, 0.1) is 29.4 Å². The van der Waals surface area contributed by atoms with Crippen molar-refractivity contribution in [2.24, 2.45) is 9.98 Å². The minimum atomic E-state index is 0.207. The van der Waals surface area contributed by atoms with Gasteiger partial charge in [-0.2, -0.15) is 0 Å². The van der Waals surface area contributed by atoms with Crippen LogP contribution in [0.25, 0.3) is 0 Å². The molecular formula is C17H26N4O. The van der Waals surface area contributed by atoms with Gasteiger partial charge in [0.2, 0.25) is 0 Å². The highest BCUT2D eigenvalue weighted by molar-refractivity contribution is 6.00. The van der Waals surface area contributed by atoms with E-state index in [0.717, 1.165) is 68.4 Å². The van der Waals surface area contributed by atoms with Crippen molar-refractivity contribution in [1.29, 1.82) is 0 Å². The van der Waals surface area contributed by atoms with Gasteiger partial charge in [-0.3, -0.25) is 9.98 Å². The summed E-state index contributed by atoms with van der Waals surface area (Å²) < 4.78 is 0. The number of fused-ring (bicyclic) bond motifs is 2. The smallest absolute Gasteiger partial charge is 0.0845 e. The Kier molecular flexibility index (Phi) is 6.68. The summed E-state index contributed by atoms with van der Waals surface area (Å²) in [4.78, 5) is 16.2. The van der Waals surface area contributed by atoms with Crippen molar-refractivity contribution in [3.8, 4) is 0 Å². The van der Waals surface area contributed by atoms with Gasteiger partial charge in [0.25, 0.3) is 0 Å². The summed E-state index contributed by atoms with van der Waals surface area (Å²) in [5, 5.41) is 9.15. The van der Waals surface area contributed by atoms with E-state index in [1.165, 1.54) is 0 Å². The van der Waals surface area contributed by atoms with E-state index in [1.54, 1.807) is 0 Å². The molecular weight excluding hydrogens is 276 g/mol. The molecule has 0 saturated heterocycles. The number of β-amino-alcohol motifs (C(OH)–C–C–N with tert-alkyl or cyclic N) is 1. The zero-order valence-corrected chi connectivity index (χ0v) is 13.6. The molecule has 120 valence electrons. The number of aliphatic hydroxyl groups is 1. The maximum atomic E-state index is 9.15. The Labute approximate surface area is 132 Å². The summed E-state index contributed by atoms with van der Waals surface area (Å²) in [6.45, 7) is 8.48. The number of hydrogen-bond donors (Lipinski definition) is 1. The van der Waals surface area contributed by atoms with Crippen LogP contribution < -0.4 is 0 Å². The molecule has 5 heteroatoms. The number of aromatic nitrogens is 1. The van der Waals surface area contributed by atoms with Gasteiger partial charge in [-0.1, -0.05) is 6.07 Å². The first-order valence-corrected chi connectivity index (χ1v) is 8.04. The largest absolute Gasteiger partial charge is 0.395 e. The summed E-state index contributed by atoms with van der Waals surface area (Å²) >= 11 is 0. The van der Waals surface area contributed by atoms with Crippen LogP contribution >= 0.6 is 0 Å². The van der Waals surface area contributed by atoms with Crippen LogP contribution in [0.2, 0.25) is 0 Å². The highest BCUT2D eigenvalue weighted by Gasteiger charge is 2.07. The monoisotopic (exact) mass is 302 g/mol. The van der Waals surface area contributed by atoms with Crippen molar-refractivity contribution < 1.29 is 5.11 Å². The number of aliphatic imine (C=N–C) groups is 2. The fourth-order valence-corrected chi connectivity index (χ4v) is 2.56. The maximum absolute atomic E-state index is 9.15. The number of nitrogens with zero attached hydrogens (tertiary/aromatic N) is 4. The van der Waals surface area contributed by atoms with E-state index < -0.39 is 0 Å². The average molecular weight is 302 g/mol. The first kappa shape index (κ1) is 16.8. The molecule has 5 nitrogen and oxygen atoms in total. The number of rotatable bonds is 2. The summed E-state index contributed by atoms with van der Waals surface area (Å²) in [5.74, 6) is 0. The van der Waals surface area contributed by atoms with Crippen molar-refractivity contribution in [3.63, 3.8) is 0 Å². The van der Waals surface area contributed by atoms with E-state index in [4.69, 9.17) is 5.11 Å². The predicted molar refractivity (Wildman–Crippen MR) is 91.2 cm³/mol. The summed E-state index contributed by atoms with van der Waals surface area (Å²) in [5.41, 5.74) is 3.80. The van der Waals surface area contributed by atoms with Gasteiger partial charge >= 0.3 is 0 Å². The number of pyridine rings is 1. The number of aliphatic hydroxyl groups excluding tert-OH is 1. The van der Waals surface area contributed by atoms with Crippen LogP contribution in [-0.4, -0.2) is 65.7 Å². The first-order valence-electron chi connectivity index (χ1n) is 8.04. The van der Waals surface area contributed by atoms with Crippen LogP contribution in [0.3, 0.4) is 0 Å². The molecule has 2 heterocycles. The van der Waals surface area contributed by atoms with Gasteiger partial charge in [0.1, 0.15) is 0 Å². The molecule has 1 aliphatic rings. The highest BCUT2D eigenvalue weighted by atomic mass is 16.3. The van der Waals surface area contributed by atoms with Crippen molar-refractivity contribution >= 4 is 11.4 Å². The molecule has 0 unspecified atom stereocenters. The van der Waals surface area contributed by atoms with Crippen LogP contribution in [0, 0.1) is 0 Å². The third-order valence-corrected chi connectivity index (χ3v) is 3.87. The van der Waals surface area contributed by atoms with Crippen LogP contribution in [-0.2, 0) is 0 Å². The van der Waals surface area contributed by atoms with Crippen LogP contribution in [0.1, 0.15) is 38.1 Å². The Balaban J connectivity index is 2.18. The van der Waals surface area contributed by atoms with Gasteiger partial charge < -0.3 is 10.0 Å². The lowest BCUT2D eigenvalue weighted by molar-refractivity contribution is 0.194. The first-order chi connectivity index (χ1) is 10.7. The standard InChI is InChI=1S/C17H26N4O/c1-14-16-6-3-7-17(20-16)15(2)19-9-5-11-21(12-13-22)10-4-8-18-14/h3,6-7,22H,4-5,8-13H2,1-2H3. The molecule has 2 bridgehead atoms. The third-order valence-electron chi connectivity index (χ3n) is 3.87. The molecule has 1 aliphatic heterocycles. The molecule has 0 fully saturated rings. The van der Waals surface area contributed by atoms with E-state index >= 15 is 0 Å². The zero-order chi connectivity index (χ0) is 15.8.